The number of nitrogens with zero attached hydrogens (tertiary/aromatic N) is 2. The quantitative estimate of drug-likeness (QED) is 0.354. The van der Waals surface area contributed by atoms with Crippen molar-refractivity contribution >= 4 is 41.5 Å². The van der Waals surface area contributed by atoms with Crippen molar-refractivity contribution in [2.45, 2.75) is 58.9 Å². The van der Waals surface area contributed by atoms with Gasteiger partial charge in [-0.25, -0.2) is 4.98 Å². The third kappa shape index (κ3) is 7.03. The second kappa shape index (κ2) is 12.7. The highest BCUT2D eigenvalue weighted by Gasteiger charge is 2.10. The number of unbranched alkanes of at least 4 members (excludes halogenated alkanes) is 5. The third-order valence-electron chi connectivity index (χ3n) is 4.96. The molecule has 0 unspecified atom stereocenters. The Hall–Kier alpha value is -1.71. The summed E-state index contributed by atoms with van der Waals surface area (Å²) in [5.41, 5.74) is 4.75. The number of aryl methyl sites for hydroxylation is 1. The fraction of sp³-hybridized carbons (Fsp3) is 0.435. The van der Waals surface area contributed by atoms with Crippen LogP contribution in [0.4, 0.5) is 5.69 Å². The minimum Gasteiger partial charge on any atom is -0.364 e. The van der Waals surface area contributed by atoms with E-state index in [0.717, 1.165) is 29.9 Å². The molecule has 0 fully saturated rings. The molecule has 0 aliphatic rings. The summed E-state index contributed by atoms with van der Waals surface area (Å²) in [5.74, 6) is 1.04. The van der Waals surface area contributed by atoms with Crippen LogP contribution in [0.25, 0.3) is 11.0 Å². The number of nitrogens with one attached hydrogen (secondary N) is 1. The zero-order valence-electron chi connectivity index (χ0n) is 17.0. The molecule has 0 bridgehead atoms. The fourth-order valence-corrected chi connectivity index (χ4v) is 3.40. The lowest BCUT2D eigenvalue weighted by Gasteiger charge is -2.24. The first kappa shape index (κ1) is 24.3. The van der Waals surface area contributed by atoms with Gasteiger partial charge in [0.1, 0.15) is 5.82 Å². The second-order valence-corrected chi connectivity index (χ2v) is 7.23. The molecule has 0 amide bonds. The molecule has 3 nitrogen and oxygen atoms in total. The molecule has 0 saturated heterocycles. The first-order valence-corrected chi connectivity index (χ1v) is 10.0. The Balaban J connectivity index is 0.00000196. The number of fused-ring (bicyclic) bond motifs is 1. The van der Waals surface area contributed by atoms with Crippen molar-refractivity contribution in [1.29, 1.82) is 0 Å². The van der Waals surface area contributed by atoms with Crippen molar-refractivity contribution in [3.63, 3.8) is 0 Å². The number of anilines is 1. The lowest BCUT2D eigenvalue weighted by molar-refractivity contribution is 0.595. The van der Waals surface area contributed by atoms with Gasteiger partial charge in [-0.2, -0.15) is 0 Å². The SMILES string of the molecule is CCCCCCCCN(Cc1nc2ccccc2[nH]1)c1ccc(C)cc1.Cl.Cl. The molecule has 3 rings (SSSR count). The van der Waals surface area contributed by atoms with Crippen molar-refractivity contribution in [2.24, 2.45) is 0 Å². The fourth-order valence-electron chi connectivity index (χ4n) is 3.40. The van der Waals surface area contributed by atoms with Gasteiger partial charge in [-0.05, 0) is 37.6 Å². The molecule has 2 aromatic carbocycles. The summed E-state index contributed by atoms with van der Waals surface area (Å²) < 4.78 is 0. The van der Waals surface area contributed by atoms with E-state index in [4.69, 9.17) is 4.98 Å². The summed E-state index contributed by atoms with van der Waals surface area (Å²) in [5, 5.41) is 0. The van der Waals surface area contributed by atoms with Gasteiger partial charge in [-0.15, -0.1) is 24.8 Å². The van der Waals surface area contributed by atoms with Crippen LogP contribution in [-0.4, -0.2) is 16.5 Å². The highest BCUT2D eigenvalue weighted by Crippen LogP contribution is 2.20. The predicted octanol–water partition coefficient (Wildman–Crippen LogP) is 7.08. The van der Waals surface area contributed by atoms with Crippen LogP contribution in [0, 0.1) is 6.92 Å². The Labute approximate surface area is 181 Å². The summed E-state index contributed by atoms with van der Waals surface area (Å²) in [4.78, 5) is 10.7. The third-order valence-corrected chi connectivity index (χ3v) is 4.96. The van der Waals surface area contributed by atoms with Crippen molar-refractivity contribution in [1.82, 2.24) is 9.97 Å². The molecular weight excluding hydrogens is 389 g/mol. The van der Waals surface area contributed by atoms with Crippen LogP contribution < -0.4 is 4.90 Å². The van der Waals surface area contributed by atoms with E-state index < -0.39 is 0 Å². The Kier molecular flexibility index (Phi) is 11.0. The van der Waals surface area contributed by atoms with Crippen molar-refractivity contribution in [3.05, 3.63) is 59.9 Å². The molecule has 1 aromatic heterocycles. The topological polar surface area (TPSA) is 31.9 Å². The Bertz CT molecular complexity index is 766. The van der Waals surface area contributed by atoms with Crippen LogP contribution in [0.1, 0.15) is 56.8 Å². The number of halogens is 2. The minimum atomic E-state index is 0. The number of para-hydroxylation sites is 2. The van der Waals surface area contributed by atoms with E-state index >= 15 is 0 Å². The number of imidazole rings is 1. The van der Waals surface area contributed by atoms with Gasteiger partial charge in [-0.1, -0.05) is 68.9 Å². The lowest BCUT2D eigenvalue weighted by atomic mass is 10.1. The molecule has 1 heterocycles. The van der Waals surface area contributed by atoms with E-state index in [9.17, 15) is 0 Å². The lowest BCUT2D eigenvalue weighted by Crippen LogP contribution is -2.24. The molecule has 3 aromatic rings. The van der Waals surface area contributed by atoms with E-state index in [1.165, 1.54) is 49.8 Å². The summed E-state index contributed by atoms with van der Waals surface area (Å²) in [6.07, 6.45) is 7.92. The van der Waals surface area contributed by atoms with Crippen LogP contribution >= 0.6 is 24.8 Å². The Morgan fingerprint density at radius 2 is 1.54 bits per heavy atom. The molecule has 0 atom stereocenters. The van der Waals surface area contributed by atoms with Crippen molar-refractivity contribution < 1.29 is 0 Å². The van der Waals surface area contributed by atoms with Gasteiger partial charge in [0.05, 0.1) is 17.6 Å². The smallest absolute Gasteiger partial charge is 0.126 e. The maximum Gasteiger partial charge on any atom is 0.126 e. The molecule has 0 spiro atoms. The highest BCUT2D eigenvalue weighted by atomic mass is 35.5. The number of hydrogen-bond donors (Lipinski definition) is 1. The maximum atomic E-state index is 4.77. The molecule has 28 heavy (non-hydrogen) atoms. The number of aromatic nitrogens is 2. The van der Waals surface area contributed by atoms with Crippen LogP contribution in [0.2, 0.25) is 0 Å². The number of hydrogen-bond acceptors (Lipinski definition) is 2. The summed E-state index contributed by atoms with van der Waals surface area (Å²) in [6.45, 7) is 6.31. The molecule has 0 saturated carbocycles. The first-order chi connectivity index (χ1) is 12.8. The summed E-state index contributed by atoms with van der Waals surface area (Å²) >= 11 is 0. The zero-order valence-corrected chi connectivity index (χ0v) is 18.6. The monoisotopic (exact) mass is 421 g/mol. The average Bonchev–Trinajstić information content (AvgIpc) is 3.07. The molecule has 154 valence electrons. The number of aromatic amines is 1. The molecule has 1 N–H and O–H groups in total. The van der Waals surface area contributed by atoms with Gasteiger partial charge in [0, 0.05) is 12.2 Å². The Morgan fingerprint density at radius 3 is 2.25 bits per heavy atom. The van der Waals surface area contributed by atoms with E-state index in [2.05, 4.69) is 66.2 Å². The largest absolute Gasteiger partial charge is 0.364 e. The molecule has 5 heteroatoms. The Morgan fingerprint density at radius 1 is 0.857 bits per heavy atom. The van der Waals surface area contributed by atoms with Gasteiger partial charge < -0.3 is 9.88 Å². The predicted molar refractivity (Wildman–Crippen MR) is 126 cm³/mol. The summed E-state index contributed by atoms with van der Waals surface area (Å²) in [6, 6.07) is 17.1. The van der Waals surface area contributed by atoms with Crippen molar-refractivity contribution in [2.75, 3.05) is 11.4 Å². The molecule has 0 aliphatic carbocycles. The standard InChI is InChI=1S/C23H31N3.2ClH/c1-3-4-5-6-7-10-17-26(20-15-13-19(2)14-16-20)18-23-24-21-11-8-9-12-22(21)25-23;;/h8-9,11-16H,3-7,10,17-18H2,1-2H3,(H,24,25);2*1H. The van der Waals surface area contributed by atoms with Crippen LogP contribution in [0.15, 0.2) is 48.5 Å². The van der Waals surface area contributed by atoms with Crippen LogP contribution in [-0.2, 0) is 6.54 Å². The summed E-state index contributed by atoms with van der Waals surface area (Å²) in [7, 11) is 0. The van der Waals surface area contributed by atoms with Gasteiger partial charge in [0.15, 0.2) is 0 Å². The van der Waals surface area contributed by atoms with Crippen molar-refractivity contribution in [3.8, 4) is 0 Å². The second-order valence-electron chi connectivity index (χ2n) is 7.23. The van der Waals surface area contributed by atoms with E-state index in [1.54, 1.807) is 0 Å². The van der Waals surface area contributed by atoms with Gasteiger partial charge in [0.2, 0.25) is 0 Å². The number of rotatable bonds is 10. The number of H-pyrrole nitrogens is 1. The first-order valence-electron chi connectivity index (χ1n) is 10.0. The van der Waals surface area contributed by atoms with Crippen LogP contribution in [0.5, 0.6) is 0 Å². The highest BCUT2D eigenvalue weighted by molar-refractivity contribution is 5.85. The molecule has 0 aliphatic heterocycles. The van der Waals surface area contributed by atoms with E-state index in [1.807, 2.05) is 6.07 Å². The maximum absolute atomic E-state index is 4.77. The molecular formula is C23H33Cl2N3. The van der Waals surface area contributed by atoms with Gasteiger partial charge in [0.25, 0.3) is 0 Å². The average molecular weight is 422 g/mol. The minimum absolute atomic E-state index is 0. The molecule has 0 radical (unpaired) electrons. The van der Waals surface area contributed by atoms with E-state index in [0.29, 0.717) is 0 Å². The zero-order chi connectivity index (χ0) is 18.2. The van der Waals surface area contributed by atoms with E-state index in [-0.39, 0.29) is 24.8 Å². The normalized spacial score (nSPS) is 10.4. The van der Waals surface area contributed by atoms with Crippen LogP contribution in [0.3, 0.4) is 0 Å². The van der Waals surface area contributed by atoms with Gasteiger partial charge in [-0.3, -0.25) is 0 Å². The van der Waals surface area contributed by atoms with Gasteiger partial charge >= 0.3 is 0 Å². The number of benzene rings is 2.